The number of anilines is 1. The monoisotopic (exact) mass is 377 g/mol. The van der Waals surface area contributed by atoms with Crippen molar-refractivity contribution >= 4 is 17.5 Å². The number of aliphatic hydroxyl groups is 1. The lowest BCUT2D eigenvalue weighted by Crippen LogP contribution is -2.58. The molecule has 2 aliphatic rings. The van der Waals surface area contributed by atoms with Crippen molar-refractivity contribution in [3.8, 4) is 0 Å². The number of carbonyl (C=O) groups is 2. The molecule has 1 saturated heterocycles. The van der Waals surface area contributed by atoms with E-state index in [-0.39, 0.29) is 11.8 Å². The van der Waals surface area contributed by atoms with Crippen LogP contribution in [0.5, 0.6) is 0 Å². The molecule has 2 aromatic carbocycles. The van der Waals surface area contributed by atoms with E-state index >= 15 is 0 Å². The first-order chi connectivity index (χ1) is 13.5. The van der Waals surface area contributed by atoms with E-state index in [2.05, 4.69) is 0 Å². The summed E-state index contributed by atoms with van der Waals surface area (Å²) in [5, 5.41) is 14.6. The molecule has 2 heterocycles. The van der Waals surface area contributed by atoms with Crippen LogP contribution in [0.1, 0.15) is 11.7 Å². The average Bonchev–Trinajstić information content (AvgIpc) is 2.98. The summed E-state index contributed by atoms with van der Waals surface area (Å²) in [6.45, 7) is 0. The normalized spacial score (nSPS) is 26.0. The van der Waals surface area contributed by atoms with Crippen molar-refractivity contribution in [2.24, 2.45) is 5.92 Å². The van der Waals surface area contributed by atoms with Gasteiger partial charge in [-0.3, -0.25) is 9.59 Å². The zero-order valence-corrected chi connectivity index (χ0v) is 15.8. The molecule has 0 aliphatic carbocycles. The van der Waals surface area contributed by atoms with Gasteiger partial charge in [0.25, 0.3) is 5.91 Å². The summed E-state index contributed by atoms with van der Waals surface area (Å²) in [4.78, 5) is 27.6. The molecule has 4 rings (SSSR count). The number of hydrogen-bond acceptors (Lipinski definition) is 5. The van der Waals surface area contributed by atoms with Crippen LogP contribution in [0.15, 0.2) is 72.8 Å². The SMILES string of the molecule is CN(C)N1[C@@H]([C@H](O)c2ccccc2)C=C[C@H]2C(=O)N(c3ccccc3)C(=O)[C@H]21. The summed E-state index contributed by atoms with van der Waals surface area (Å²) in [7, 11) is 3.65. The average molecular weight is 377 g/mol. The van der Waals surface area contributed by atoms with Gasteiger partial charge in [-0.05, 0) is 17.7 Å². The standard InChI is InChI=1S/C22H23N3O3/c1-23(2)25-18(20(26)15-9-5-3-6-10-15)14-13-17-19(25)22(28)24(21(17)27)16-11-7-4-8-12-16/h3-14,17-20,26H,1-2H3/t17-,18-,19+,20-/m1/s1. The molecular formula is C22H23N3O3. The van der Waals surface area contributed by atoms with Gasteiger partial charge in [-0.1, -0.05) is 60.7 Å². The fourth-order valence-corrected chi connectivity index (χ4v) is 4.10. The van der Waals surface area contributed by atoms with Gasteiger partial charge in [-0.2, -0.15) is 0 Å². The first-order valence-electron chi connectivity index (χ1n) is 9.30. The minimum Gasteiger partial charge on any atom is -0.386 e. The highest BCUT2D eigenvalue weighted by molar-refractivity contribution is 6.24. The van der Waals surface area contributed by atoms with Gasteiger partial charge >= 0.3 is 0 Å². The van der Waals surface area contributed by atoms with Crippen LogP contribution in [0.3, 0.4) is 0 Å². The molecular weight excluding hydrogens is 354 g/mol. The third-order valence-electron chi connectivity index (χ3n) is 5.37. The molecule has 0 bridgehead atoms. The summed E-state index contributed by atoms with van der Waals surface area (Å²) in [5.74, 6) is -1.09. The fraction of sp³-hybridized carbons (Fsp3) is 0.273. The van der Waals surface area contributed by atoms with Crippen LogP contribution in [0.4, 0.5) is 5.69 Å². The molecule has 6 nitrogen and oxygen atoms in total. The Morgan fingerprint density at radius 3 is 2.11 bits per heavy atom. The molecule has 28 heavy (non-hydrogen) atoms. The van der Waals surface area contributed by atoms with E-state index < -0.39 is 24.1 Å². The van der Waals surface area contributed by atoms with Crippen molar-refractivity contribution in [3.05, 3.63) is 78.4 Å². The summed E-state index contributed by atoms with van der Waals surface area (Å²) < 4.78 is 0. The number of rotatable bonds is 4. The summed E-state index contributed by atoms with van der Waals surface area (Å²) >= 11 is 0. The molecule has 2 aliphatic heterocycles. The molecule has 1 fully saturated rings. The maximum Gasteiger partial charge on any atom is 0.253 e. The number of nitrogens with zero attached hydrogens (tertiary/aromatic N) is 3. The summed E-state index contributed by atoms with van der Waals surface area (Å²) in [5.41, 5.74) is 1.33. The zero-order valence-electron chi connectivity index (χ0n) is 15.8. The second-order valence-electron chi connectivity index (χ2n) is 7.28. The molecule has 2 aromatic rings. The van der Waals surface area contributed by atoms with E-state index in [1.807, 2.05) is 61.6 Å². The Morgan fingerprint density at radius 1 is 0.893 bits per heavy atom. The van der Waals surface area contributed by atoms with Gasteiger partial charge in [0, 0.05) is 14.1 Å². The van der Waals surface area contributed by atoms with Gasteiger partial charge in [0.05, 0.1) is 23.8 Å². The lowest BCUT2D eigenvalue weighted by Gasteiger charge is -2.43. The molecule has 0 radical (unpaired) electrons. The van der Waals surface area contributed by atoms with Crippen LogP contribution in [-0.2, 0) is 9.59 Å². The van der Waals surface area contributed by atoms with Gasteiger partial charge < -0.3 is 5.11 Å². The number of carbonyl (C=O) groups excluding carboxylic acids is 2. The molecule has 2 amide bonds. The third kappa shape index (κ3) is 2.96. The van der Waals surface area contributed by atoms with Gasteiger partial charge in [-0.15, -0.1) is 0 Å². The van der Waals surface area contributed by atoms with Crippen LogP contribution in [0.25, 0.3) is 0 Å². The molecule has 0 saturated carbocycles. The highest BCUT2D eigenvalue weighted by atomic mass is 16.3. The Labute approximate surface area is 164 Å². The summed E-state index contributed by atoms with van der Waals surface area (Å²) in [6, 6.07) is 17.2. The molecule has 4 atom stereocenters. The van der Waals surface area contributed by atoms with Crippen molar-refractivity contribution in [1.82, 2.24) is 10.0 Å². The maximum absolute atomic E-state index is 13.3. The van der Waals surface area contributed by atoms with Crippen molar-refractivity contribution in [2.45, 2.75) is 18.2 Å². The minimum absolute atomic E-state index is 0.239. The van der Waals surface area contributed by atoms with E-state index in [1.165, 1.54) is 4.90 Å². The highest BCUT2D eigenvalue weighted by Crippen LogP contribution is 2.37. The molecule has 0 spiro atoms. The highest BCUT2D eigenvalue weighted by Gasteiger charge is 2.54. The largest absolute Gasteiger partial charge is 0.386 e. The topological polar surface area (TPSA) is 64.1 Å². The first-order valence-corrected chi connectivity index (χ1v) is 9.30. The van der Waals surface area contributed by atoms with Crippen molar-refractivity contribution < 1.29 is 14.7 Å². The smallest absolute Gasteiger partial charge is 0.253 e. The van der Waals surface area contributed by atoms with E-state index in [0.29, 0.717) is 5.69 Å². The quantitative estimate of drug-likeness (QED) is 0.652. The molecule has 0 aromatic heterocycles. The molecule has 144 valence electrons. The number of amides is 2. The Morgan fingerprint density at radius 2 is 1.50 bits per heavy atom. The van der Waals surface area contributed by atoms with Crippen molar-refractivity contribution in [3.63, 3.8) is 0 Å². The Balaban J connectivity index is 1.71. The number of para-hydroxylation sites is 1. The van der Waals surface area contributed by atoms with Gasteiger partial charge in [0.15, 0.2) is 0 Å². The van der Waals surface area contributed by atoms with Gasteiger partial charge in [-0.25, -0.2) is 14.9 Å². The van der Waals surface area contributed by atoms with E-state index in [4.69, 9.17) is 0 Å². The van der Waals surface area contributed by atoms with Crippen molar-refractivity contribution in [1.29, 1.82) is 0 Å². The zero-order chi connectivity index (χ0) is 19.8. The lowest BCUT2D eigenvalue weighted by atomic mass is 9.90. The fourth-order valence-electron chi connectivity index (χ4n) is 4.10. The first kappa shape index (κ1) is 18.6. The van der Waals surface area contributed by atoms with Crippen LogP contribution in [0, 0.1) is 5.92 Å². The van der Waals surface area contributed by atoms with E-state index in [9.17, 15) is 14.7 Å². The Bertz CT molecular complexity index is 898. The minimum atomic E-state index is -0.825. The van der Waals surface area contributed by atoms with Crippen LogP contribution in [0.2, 0.25) is 0 Å². The number of benzene rings is 2. The molecule has 1 N–H and O–H groups in total. The van der Waals surface area contributed by atoms with Crippen LogP contribution >= 0.6 is 0 Å². The van der Waals surface area contributed by atoms with E-state index in [0.717, 1.165) is 5.56 Å². The maximum atomic E-state index is 13.3. The number of hydrazine groups is 1. The third-order valence-corrected chi connectivity index (χ3v) is 5.37. The Kier molecular flexibility index (Phi) is 4.85. The Hall–Kier alpha value is -2.80. The second-order valence-corrected chi connectivity index (χ2v) is 7.28. The van der Waals surface area contributed by atoms with Crippen LogP contribution in [-0.4, -0.2) is 53.1 Å². The van der Waals surface area contributed by atoms with Gasteiger partial charge in [0.1, 0.15) is 6.04 Å². The molecule has 6 heteroatoms. The van der Waals surface area contributed by atoms with Crippen LogP contribution < -0.4 is 4.90 Å². The number of fused-ring (bicyclic) bond motifs is 1. The predicted molar refractivity (Wildman–Crippen MR) is 106 cm³/mol. The van der Waals surface area contributed by atoms with Gasteiger partial charge in [0.2, 0.25) is 5.91 Å². The predicted octanol–water partition coefficient (Wildman–Crippen LogP) is 2.00. The summed E-state index contributed by atoms with van der Waals surface area (Å²) in [6.07, 6.45) is 2.78. The van der Waals surface area contributed by atoms with Crippen molar-refractivity contribution in [2.75, 3.05) is 19.0 Å². The second kappa shape index (κ2) is 7.31. The number of aliphatic hydroxyl groups excluding tert-OH is 1. The number of hydrogen-bond donors (Lipinski definition) is 1. The molecule has 0 unspecified atom stereocenters. The lowest BCUT2D eigenvalue weighted by molar-refractivity contribution is -0.139. The number of imide groups is 1. The van der Waals surface area contributed by atoms with E-state index in [1.54, 1.807) is 35.4 Å².